The number of nitrogens with one attached hydrogen (secondary N) is 1. The quantitative estimate of drug-likeness (QED) is 0.837. The first-order valence-electron chi connectivity index (χ1n) is 6.22. The number of ether oxygens (including phenoxy) is 1. The molecule has 0 spiro atoms. The van der Waals surface area contributed by atoms with Crippen molar-refractivity contribution in [3.63, 3.8) is 0 Å². The highest BCUT2D eigenvalue weighted by Gasteiger charge is 2.13. The average Bonchev–Trinajstić information content (AvgIpc) is 2.37. The van der Waals surface area contributed by atoms with Gasteiger partial charge in [-0.25, -0.2) is 0 Å². The highest BCUT2D eigenvalue weighted by molar-refractivity contribution is 6.38. The van der Waals surface area contributed by atoms with Crippen LogP contribution >= 0.6 is 23.2 Å². The topological polar surface area (TPSA) is 47.3 Å². The molecule has 1 aliphatic heterocycles. The summed E-state index contributed by atoms with van der Waals surface area (Å²) in [5.41, 5.74) is 7.17. The van der Waals surface area contributed by atoms with E-state index in [2.05, 4.69) is 5.32 Å². The van der Waals surface area contributed by atoms with E-state index >= 15 is 0 Å². The van der Waals surface area contributed by atoms with Crippen LogP contribution in [0.4, 0.5) is 5.69 Å². The average molecular weight is 289 g/mol. The molecule has 3 N–H and O–H groups in total. The highest BCUT2D eigenvalue weighted by Crippen LogP contribution is 2.28. The van der Waals surface area contributed by atoms with Crippen molar-refractivity contribution in [2.75, 3.05) is 18.9 Å². The van der Waals surface area contributed by atoms with Gasteiger partial charge in [-0.1, -0.05) is 23.2 Å². The van der Waals surface area contributed by atoms with Crippen LogP contribution in [0.25, 0.3) is 0 Å². The summed E-state index contributed by atoms with van der Waals surface area (Å²) in [5.74, 6) is 0. The molecule has 3 nitrogen and oxygen atoms in total. The third kappa shape index (κ3) is 3.75. The lowest BCUT2D eigenvalue weighted by Gasteiger charge is -2.22. The third-order valence-electron chi connectivity index (χ3n) is 3.11. The van der Waals surface area contributed by atoms with Crippen molar-refractivity contribution in [2.45, 2.75) is 31.9 Å². The number of hydrogen-bond acceptors (Lipinski definition) is 3. The number of benzene rings is 1. The molecule has 0 aliphatic carbocycles. The van der Waals surface area contributed by atoms with Gasteiger partial charge in [0.1, 0.15) is 0 Å². The fourth-order valence-corrected chi connectivity index (χ4v) is 2.62. The molecule has 0 amide bonds. The summed E-state index contributed by atoms with van der Waals surface area (Å²) in [6.07, 6.45) is 3.90. The summed E-state index contributed by atoms with van der Waals surface area (Å²) < 4.78 is 5.65. The molecule has 0 radical (unpaired) electrons. The zero-order valence-corrected chi connectivity index (χ0v) is 11.7. The molecule has 0 saturated carbocycles. The highest BCUT2D eigenvalue weighted by atomic mass is 35.5. The number of rotatable bonds is 4. The van der Waals surface area contributed by atoms with E-state index in [4.69, 9.17) is 33.7 Å². The minimum atomic E-state index is 0.332. The molecule has 1 aromatic carbocycles. The Kier molecular flexibility index (Phi) is 5.13. The first kappa shape index (κ1) is 13.9. The van der Waals surface area contributed by atoms with Crippen LogP contribution < -0.4 is 11.1 Å². The number of halogens is 2. The lowest BCUT2D eigenvalue weighted by molar-refractivity contribution is 0.0168. The van der Waals surface area contributed by atoms with E-state index in [9.17, 15) is 0 Å². The lowest BCUT2D eigenvalue weighted by Crippen LogP contribution is -2.31. The zero-order valence-electron chi connectivity index (χ0n) is 10.2. The fraction of sp³-hybridized carbons (Fsp3) is 0.538. The van der Waals surface area contributed by atoms with Crippen LogP contribution in [0, 0.1) is 0 Å². The van der Waals surface area contributed by atoms with Crippen LogP contribution in [-0.4, -0.2) is 19.3 Å². The molecule has 1 aliphatic rings. The number of anilines is 1. The minimum Gasteiger partial charge on any atom is -0.396 e. The van der Waals surface area contributed by atoms with Gasteiger partial charge in [-0.15, -0.1) is 0 Å². The molecule has 1 saturated heterocycles. The molecule has 0 bridgehead atoms. The predicted molar refractivity (Wildman–Crippen MR) is 76.2 cm³/mol. The van der Waals surface area contributed by atoms with E-state index in [0.29, 0.717) is 21.8 Å². The maximum Gasteiger partial charge on any atom is 0.0699 e. The Balaban J connectivity index is 1.82. The third-order valence-corrected chi connectivity index (χ3v) is 3.74. The van der Waals surface area contributed by atoms with Gasteiger partial charge in [0, 0.05) is 19.7 Å². The van der Waals surface area contributed by atoms with Crippen LogP contribution in [0.15, 0.2) is 12.1 Å². The molecule has 1 fully saturated rings. The number of hydrogen-bond donors (Lipinski definition) is 2. The maximum atomic E-state index is 5.98. The maximum absolute atomic E-state index is 5.98. The van der Waals surface area contributed by atoms with Gasteiger partial charge in [0.25, 0.3) is 0 Å². The van der Waals surface area contributed by atoms with Crippen LogP contribution in [0.2, 0.25) is 10.0 Å². The lowest BCUT2D eigenvalue weighted by atomic mass is 10.1. The van der Waals surface area contributed by atoms with Gasteiger partial charge < -0.3 is 15.8 Å². The molecule has 5 heteroatoms. The first-order valence-corrected chi connectivity index (χ1v) is 6.98. The molecule has 100 valence electrons. The van der Waals surface area contributed by atoms with Crippen molar-refractivity contribution in [3.05, 3.63) is 27.7 Å². The van der Waals surface area contributed by atoms with Gasteiger partial charge in [-0.05, 0) is 37.0 Å². The first-order chi connectivity index (χ1) is 8.66. The summed E-state index contributed by atoms with van der Waals surface area (Å²) in [4.78, 5) is 0. The smallest absolute Gasteiger partial charge is 0.0699 e. The standard InChI is InChI=1S/C13H18Cl2N2O/c14-11-5-9(6-12(15)13(11)16)7-17-8-10-3-1-2-4-18-10/h5-6,10,17H,1-4,7-8,16H2. The van der Waals surface area contributed by atoms with Crippen LogP contribution in [0.3, 0.4) is 0 Å². The van der Waals surface area contributed by atoms with E-state index in [0.717, 1.165) is 31.7 Å². The van der Waals surface area contributed by atoms with Crippen molar-refractivity contribution in [1.82, 2.24) is 5.32 Å². The number of nitrogen functional groups attached to an aromatic ring is 1. The van der Waals surface area contributed by atoms with E-state index in [1.165, 1.54) is 12.8 Å². The second-order valence-electron chi connectivity index (χ2n) is 4.59. The monoisotopic (exact) mass is 288 g/mol. The Labute approximate surface area is 118 Å². The molecule has 18 heavy (non-hydrogen) atoms. The molecule has 1 atom stereocenters. The molecule has 2 rings (SSSR count). The van der Waals surface area contributed by atoms with Gasteiger partial charge >= 0.3 is 0 Å². The Morgan fingerprint density at radius 3 is 2.61 bits per heavy atom. The van der Waals surface area contributed by atoms with Crippen molar-refractivity contribution in [3.8, 4) is 0 Å². The van der Waals surface area contributed by atoms with Gasteiger partial charge in [0.2, 0.25) is 0 Å². The van der Waals surface area contributed by atoms with Gasteiger partial charge in [0.05, 0.1) is 21.8 Å². The largest absolute Gasteiger partial charge is 0.396 e. The minimum absolute atomic E-state index is 0.332. The molecule has 1 heterocycles. The van der Waals surface area contributed by atoms with E-state index in [1.807, 2.05) is 12.1 Å². The normalized spacial score (nSPS) is 20.0. The van der Waals surface area contributed by atoms with Gasteiger partial charge in [-0.2, -0.15) is 0 Å². The molecular formula is C13H18Cl2N2O. The summed E-state index contributed by atoms with van der Waals surface area (Å²) in [6, 6.07) is 3.69. The van der Waals surface area contributed by atoms with Crippen molar-refractivity contribution in [1.29, 1.82) is 0 Å². The summed E-state index contributed by atoms with van der Waals surface area (Å²) >= 11 is 12.0. The van der Waals surface area contributed by atoms with E-state index in [-0.39, 0.29) is 0 Å². The Morgan fingerprint density at radius 1 is 1.28 bits per heavy atom. The van der Waals surface area contributed by atoms with E-state index in [1.54, 1.807) is 0 Å². The second kappa shape index (κ2) is 6.62. The summed E-state index contributed by atoms with van der Waals surface area (Å²) in [5, 5.41) is 4.38. The zero-order chi connectivity index (χ0) is 13.0. The second-order valence-corrected chi connectivity index (χ2v) is 5.41. The Morgan fingerprint density at radius 2 is 2.00 bits per heavy atom. The van der Waals surface area contributed by atoms with Crippen molar-refractivity contribution >= 4 is 28.9 Å². The van der Waals surface area contributed by atoms with Crippen LogP contribution in [0.1, 0.15) is 24.8 Å². The molecule has 1 aromatic rings. The van der Waals surface area contributed by atoms with Gasteiger partial charge in [-0.3, -0.25) is 0 Å². The van der Waals surface area contributed by atoms with Crippen LogP contribution in [0.5, 0.6) is 0 Å². The van der Waals surface area contributed by atoms with Crippen molar-refractivity contribution in [2.24, 2.45) is 0 Å². The Bertz CT molecular complexity index is 383. The number of nitrogens with two attached hydrogens (primary N) is 1. The summed E-state index contributed by atoms with van der Waals surface area (Å²) in [6.45, 7) is 2.46. The SMILES string of the molecule is Nc1c(Cl)cc(CNCC2CCCCO2)cc1Cl. The molecule has 1 unspecified atom stereocenters. The molecular weight excluding hydrogens is 271 g/mol. The van der Waals surface area contributed by atoms with Gasteiger partial charge in [0.15, 0.2) is 0 Å². The summed E-state index contributed by atoms with van der Waals surface area (Å²) in [7, 11) is 0. The fourth-order valence-electron chi connectivity index (χ4n) is 2.08. The Hall–Kier alpha value is -0.480. The predicted octanol–water partition coefficient (Wildman–Crippen LogP) is 3.23. The van der Waals surface area contributed by atoms with Crippen LogP contribution in [-0.2, 0) is 11.3 Å². The molecule has 0 aromatic heterocycles. The van der Waals surface area contributed by atoms with E-state index < -0.39 is 0 Å². The van der Waals surface area contributed by atoms with Crippen molar-refractivity contribution < 1.29 is 4.74 Å².